The summed E-state index contributed by atoms with van der Waals surface area (Å²) >= 11 is 0. The van der Waals surface area contributed by atoms with Gasteiger partial charge in [-0.1, -0.05) is 54.6 Å². The minimum absolute atomic E-state index is 0.110. The lowest BCUT2D eigenvalue weighted by atomic mass is 10.2. The van der Waals surface area contributed by atoms with Crippen LogP contribution in [0, 0.1) is 0 Å². The molecule has 0 aliphatic heterocycles. The quantitative estimate of drug-likeness (QED) is 0.443. The average molecular weight is 384 g/mol. The predicted molar refractivity (Wildman–Crippen MR) is 112 cm³/mol. The molecule has 0 saturated carbocycles. The van der Waals surface area contributed by atoms with E-state index in [-0.39, 0.29) is 12.3 Å². The SMILES string of the molecule is O=C(CCc1ncc(-c2ccccc2)o1)Nc1cccc(Oc2ccccc2)c1. The van der Waals surface area contributed by atoms with Gasteiger partial charge in [0.2, 0.25) is 5.91 Å². The lowest BCUT2D eigenvalue weighted by Crippen LogP contribution is -2.12. The summed E-state index contributed by atoms with van der Waals surface area (Å²) in [6, 6.07) is 26.6. The summed E-state index contributed by atoms with van der Waals surface area (Å²) < 4.78 is 11.5. The highest BCUT2D eigenvalue weighted by Gasteiger charge is 2.09. The number of para-hydroxylation sites is 1. The van der Waals surface area contributed by atoms with E-state index in [2.05, 4.69) is 10.3 Å². The summed E-state index contributed by atoms with van der Waals surface area (Å²) in [6.45, 7) is 0. The molecule has 5 heteroatoms. The van der Waals surface area contributed by atoms with Crippen molar-refractivity contribution in [3.05, 3.63) is 97.0 Å². The van der Waals surface area contributed by atoms with Crippen LogP contribution in [0.1, 0.15) is 12.3 Å². The number of aromatic nitrogens is 1. The maximum Gasteiger partial charge on any atom is 0.224 e. The van der Waals surface area contributed by atoms with Gasteiger partial charge in [0.1, 0.15) is 11.5 Å². The van der Waals surface area contributed by atoms with Gasteiger partial charge < -0.3 is 14.5 Å². The fraction of sp³-hybridized carbons (Fsp3) is 0.0833. The largest absolute Gasteiger partial charge is 0.457 e. The first kappa shape index (κ1) is 18.5. The molecule has 0 bridgehead atoms. The van der Waals surface area contributed by atoms with E-state index in [0.29, 0.717) is 29.5 Å². The molecule has 0 spiro atoms. The molecule has 144 valence electrons. The zero-order valence-electron chi connectivity index (χ0n) is 15.7. The van der Waals surface area contributed by atoms with Crippen molar-refractivity contribution in [2.45, 2.75) is 12.8 Å². The van der Waals surface area contributed by atoms with Crippen LogP contribution < -0.4 is 10.1 Å². The Balaban J connectivity index is 1.32. The third-order valence-electron chi connectivity index (χ3n) is 4.27. The molecule has 5 nitrogen and oxygen atoms in total. The first-order valence-electron chi connectivity index (χ1n) is 9.39. The smallest absolute Gasteiger partial charge is 0.224 e. The van der Waals surface area contributed by atoms with E-state index in [0.717, 1.165) is 11.3 Å². The van der Waals surface area contributed by atoms with Gasteiger partial charge in [0.15, 0.2) is 11.7 Å². The highest BCUT2D eigenvalue weighted by atomic mass is 16.5. The Morgan fingerprint density at radius 1 is 0.897 bits per heavy atom. The molecule has 0 aliphatic carbocycles. The second-order valence-electron chi connectivity index (χ2n) is 6.48. The van der Waals surface area contributed by atoms with Crippen molar-refractivity contribution in [1.29, 1.82) is 0 Å². The van der Waals surface area contributed by atoms with Gasteiger partial charge in [-0.2, -0.15) is 0 Å². The first-order valence-corrected chi connectivity index (χ1v) is 9.39. The van der Waals surface area contributed by atoms with Crippen molar-refractivity contribution < 1.29 is 13.9 Å². The van der Waals surface area contributed by atoms with Gasteiger partial charge >= 0.3 is 0 Å². The van der Waals surface area contributed by atoms with E-state index in [1.807, 2.05) is 78.9 Å². The molecule has 0 radical (unpaired) electrons. The molecule has 3 aromatic carbocycles. The molecule has 1 heterocycles. The Kier molecular flexibility index (Phi) is 5.67. The molecule has 0 aliphatic rings. The number of amides is 1. The lowest BCUT2D eigenvalue weighted by Gasteiger charge is -2.08. The summed E-state index contributed by atoms with van der Waals surface area (Å²) in [6.07, 6.45) is 2.39. The van der Waals surface area contributed by atoms with E-state index in [1.54, 1.807) is 12.3 Å². The van der Waals surface area contributed by atoms with Crippen molar-refractivity contribution in [3.8, 4) is 22.8 Å². The van der Waals surface area contributed by atoms with Crippen molar-refractivity contribution in [2.75, 3.05) is 5.32 Å². The number of nitrogens with one attached hydrogen (secondary N) is 1. The van der Waals surface area contributed by atoms with Crippen molar-refractivity contribution in [2.24, 2.45) is 0 Å². The molecule has 1 aromatic heterocycles. The lowest BCUT2D eigenvalue weighted by molar-refractivity contribution is -0.116. The number of carbonyl (C=O) groups is 1. The second kappa shape index (κ2) is 8.89. The molecule has 1 N–H and O–H groups in total. The fourth-order valence-electron chi connectivity index (χ4n) is 2.87. The molecular weight excluding hydrogens is 364 g/mol. The number of anilines is 1. The molecule has 4 rings (SSSR count). The maximum atomic E-state index is 12.3. The zero-order chi connectivity index (χ0) is 19.9. The summed E-state index contributed by atoms with van der Waals surface area (Å²) in [5, 5.41) is 2.89. The van der Waals surface area contributed by atoms with Gasteiger partial charge in [0, 0.05) is 30.2 Å². The minimum Gasteiger partial charge on any atom is -0.457 e. The van der Waals surface area contributed by atoms with Crippen molar-refractivity contribution >= 4 is 11.6 Å². The third-order valence-corrected chi connectivity index (χ3v) is 4.27. The van der Waals surface area contributed by atoms with Crippen LogP contribution in [-0.4, -0.2) is 10.9 Å². The normalized spacial score (nSPS) is 10.5. The van der Waals surface area contributed by atoms with Gasteiger partial charge in [0.05, 0.1) is 6.20 Å². The monoisotopic (exact) mass is 384 g/mol. The van der Waals surface area contributed by atoms with Crippen LogP contribution in [0.15, 0.2) is 95.5 Å². The minimum atomic E-state index is -0.110. The molecule has 0 saturated heterocycles. The number of rotatable bonds is 7. The zero-order valence-corrected chi connectivity index (χ0v) is 15.7. The average Bonchev–Trinajstić information content (AvgIpc) is 3.23. The van der Waals surface area contributed by atoms with Crippen LogP contribution in [-0.2, 0) is 11.2 Å². The van der Waals surface area contributed by atoms with E-state index in [4.69, 9.17) is 9.15 Å². The first-order chi connectivity index (χ1) is 14.3. The molecule has 4 aromatic rings. The number of benzene rings is 3. The highest BCUT2D eigenvalue weighted by Crippen LogP contribution is 2.24. The van der Waals surface area contributed by atoms with Gasteiger partial charge in [-0.3, -0.25) is 4.79 Å². The molecule has 0 unspecified atom stereocenters. The Hall–Kier alpha value is -3.86. The predicted octanol–water partition coefficient (Wildman–Crippen LogP) is 5.71. The van der Waals surface area contributed by atoms with Crippen LogP contribution in [0.3, 0.4) is 0 Å². The molecular formula is C24H20N2O3. The van der Waals surface area contributed by atoms with Crippen molar-refractivity contribution in [3.63, 3.8) is 0 Å². The van der Waals surface area contributed by atoms with Crippen molar-refractivity contribution in [1.82, 2.24) is 4.98 Å². The molecule has 0 fully saturated rings. The number of carbonyl (C=O) groups excluding carboxylic acids is 1. The molecule has 29 heavy (non-hydrogen) atoms. The number of hydrogen-bond donors (Lipinski definition) is 1. The van der Waals surface area contributed by atoms with Crippen LogP contribution >= 0.6 is 0 Å². The number of nitrogens with zero attached hydrogens (tertiary/aromatic N) is 1. The molecule has 1 amide bonds. The number of ether oxygens (including phenoxy) is 1. The Morgan fingerprint density at radius 2 is 1.62 bits per heavy atom. The van der Waals surface area contributed by atoms with Crippen LogP contribution in [0.25, 0.3) is 11.3 Å². The van der Waals surface area contributed by atoms with E-state index in [1.165, 1.54) is 0 Å². The van der Waals surface area contributed by atoms with Gasteiger partial charge in [-0.15, -0.1) is 0 Å². The number of oxazole rings is 1. The highest BCUT2D eigenvalue weighted by molar-refractivity contribution is 5.91. The standard InChI is InChI=1S/C24H20N2O3/c27-23(14-15-24-25-17-22(29-24)18-8-3-1-4-9-18)26-19-10-7-13-21(16-19)28-20-11-5-2-6-12-20/h1-13,16-17H,14-15H2,(H,26,27). The summed E-state index contributed by atoms with van der Waals surface area (Å²) in [5.74, 6) is 2.54. The summed E-state index contributed by atoms with van der Waals surface area (Å²) in [4.78, 5) is 16.6. The second-order valence-corrected chi connectivity index (χ2v) is 6.48. The maximum absolute atomic E-state index is 12.3. The summed E-state index contributed by atoms with van der Waals surface area (Å²) in [7, 11) is 0. The van der Waals surface area contributed by atoms with E-state index in [9.17, 15) is 4.79 Å². The Bertz CT molecular complexity index is 1080. The number of hydrogen-bond acceptors (Lipinski definition) is 4. The number of aryl methyl sites for hydroxylation is 1. The molecule has 0 atom stereocenters. The van der Waals surface area contributed by atoms with Crippen LogP contribution in [0.4, 0.5) is 5.69 Å². The van der Waals surface area contributed by atoms with E-state index >= 15 is 0 Å². The fourth-order valence-corrected chi connectivity index (χ4v) is 2.87. The van der Waals surface area contributed by atoms with Crippen LogP contribution in [0.2, 0.25) is 0 Å². The van der Waals surface area contributed by atoms with Crippen LogP contribution in [0.5, 0.6) is 11.5 Å². The Labute approximate surface area is 169 Å². The van der Waals surface area contributed by atoms with Gasteiger partial charge in [0.25, 0.3) is 0 Å². The third kappa shape index (κ3) is 5.11. The Morgan fingerprint density at radius 3 is 2.41 bits per heavy atom. The summed E-state index contributed by atoms with van der Waals surface area (Å²) in [5.41, 5.74) is 1.65. The van der Waals surface area contributed by atoms with Gasteiger partial charge in [-0.05, 0) is 24.3 Å². The topological polar surface area (TPSA) is 64.4 Å². The van der Waals surface area contributed by atoms with E-state index < -0.39 is 0 Å². The van der Waals surface area contributed by atoms with Gasteiger partial charge in [-0.25, -0.2) is 4.98 Å².